The molecule has 1 aromatic carbocycles. The van der Waals surface area contributed by atoms with Crippen LogP contribution in [0, 0.1) is 5.82 Å². The summed E-state index contributed by atoms with van der Waals surface area (Å²) in [6.07, 6.45) is 2.48. The quantitative estimate of drug-likeness (QED) is 0.553. The monoisotopic (exact) mass is 501 g/mol. The van der Waals surface area contributed by atoms with E-state index in [1.54, 1.807) is 0 Å². The maximum atomic E-state index is 13.7. The first-order valence-corrected chi connectivity index (χ1v) is 11.6. The molecule has 2 amide bonds. The molecule has 0 bridgehead atoms. The molecule has 2 aliphatic rings. The van der Waals surface area contributed by atoms with E-state index in [-0.39, 0.29) is 29.0 Å². The van der Waals surface area contributed by atoms with E-state index in [1.165, 1.54) is 23.5 Å². The maximum Gasteiger partial charge on any atom is 0.262 e. The summed E-state index contributed by atoms with van der Waals surface area (Å²) in [7, 11) is 0. The van der Waals surface area contributed by atoms with Gasteiger partial charge in [0.15, 0.2) is 11.9 Å². The Hall–Kier alpha value is -2.23. The standard InChI is InChI=1S/C21H19Cl2F2N3O3S/c22-13-6-10(7-14(23)18(13)25)16-8-15(28-31-16)19-11-2-1-3-12(11)20(32-19)21(30)27-9-17(29)26-5-4-24/h6-7,16H,1-5,8-9H2,(H,26,29)(H,27,30)/t16-/m0/s1. The smallest absolute Gasteiger partial charge is 0.262 e. The minimum atomic E-state index is -0.679. The molecule has 0 fully saturated rings. The molecule has 1 aliphatic carbocycles. The molecule has 2 aromatic rings. The fraction of sp³-hybridized carbons (Fsp3) is 0.381. The second-order valence-corrected chi connectivity index (χ2v) is 9.26. The van der Waals surface area contributed by atoms with Gasteiger partial charge in [0.1, 0.15) is 12.4 Å². The number of oxime groups is 1. The highest BCUT2D eigenvalue weighted by Crippen LogP contribution is 2.40. The molecule has 4 rings (SSSR count). The fourth-order valence-electron chi connectivity index (χ4n) is 3.83. The second kappa shape index (κ2) is 9.72. The first-order valence-electron chi connectivity index (χ1n) is 10.0. The van der Waals surface area contributed by atoms with Gasteiger partial charge in [-0.25, -0.2) is 8.78 Å². The lowest BCUT2D eigenvalue weighted by Crippen LogP contribution is -2.37. The average Bonchev–Trinajstić information content (AvgIpc) is 3.50. The van der Waals surface area contributed by atoms with Crippen molar-refractivity contribution in [1.82, 2.24) is 10.6 Å². The predicted molar refractivity (Wildman–Crippen MR) is 119 cm³/mol. The summed E-state index contributed by atoms with van der Waals surface area (Å²) in [5.41, 5.74) is 3.35. The Morgan fingerprint density at radius 1 is 1.19 bits per heavy atom. The Bertz CT molecular complexity index is 1080. The Balaban J connectivity index is 1.49. The van der Waals surface area contributed by atoms with E-state index < -0.39 is 24.5 Å². The first-order chi connectivity index (χ1) is 15.4. The van der Waals surface area contributed by atoms with Gasteiger partial charge in [-0.1, -0.05) is 28.4 Å². The van der Waals surface area contributed by atoms with Crippen LogP contribution in [0.1, 0.15) is 50.2 Å². The van der Waals surface area contributed by atoms with Crippen LogP contribution < -0.4 is 10.6 Å². The number of thiophene rings is 1. The third-order valence-corrected chi connectivity index (χ3v) is 7.18. The van der Waals surface area contributed by atoms with Crippen molar-refractivity contribution in [3.05, 3.63) is 54.4 Å². The number of hydrogen-bond acceptors (Lipinski definition) is 5. The molecule has 6 nitrogen and oxygen atoms in total. The van der Waals surface area contributed by atoms with Gasteiger partial charge in [-0.3, -0.25) is 9.59 Å². The third kappa shape index (κ3) is 4.60. The van der Waals surface area contributed by atoms with Gasteiger partial charge < -0.3 is 15.5 Å². The Morgan fingerprint density at radius 2 is 1.91 bits per heavy atom. The zero-order valence-electron chi connectivity index (χ0n) is 16.8. The molecule has 0 spiro atoms. The van der Waals surface area contributed by atoms with Crippen molar-refractivity contribution in [2.75, 3.05) is 19.8 Å². The summed E-state index contributed by atoms with van der Waals surface area (Å²) >= 11 is 13.1. The van der Waals surface area contributed by atoms with Gasteiger partial charge in [-0.15, -0.1) is 11.3 Å². The number of amides is 2. The van der Waals surface area contributed by atoms with Crippen molar-refractivity contribution in [3.63, 3.8) is 0 Å². The molecule has 1 aromatic heterocycles. The molecule has 11 heteroatoms. The number of carbonyl (C=O) groups excluding carboxylic acids is 2. The Morgan fingerprint density at radius 3 is 2.62 bits per heavy atom. The average molecular weight is 502 g/mol. The lowest BCUT2D eigenvalue weighted by molar-refractivity contribution is -0.120. The van der Waals surface area contributed by atoms with E-state index in [9.17, 15) is 18.4 Å². The van der Waals surface area contributed by atoms with Crippen LogP contribution in [0.25, 0.3) is 0 Å². The normalized spacial score (nSPS) is 17.0. The van der Waals surface area contributed by atoms with E-state index in [1.807, 2.05) is 0 Å². The van der Waals surface area contributed by atoms with Crippen molar-refractivity contribution < 1.29 is 23.2 Å². The molecule has 170 valence electrons. The van der Waals surface area contributed by atoms with Gasteiger partial charge in [0, 0.05) is 13.0 Å². The van der Waals surface area contributed by atoms with E-state index in [4.69, 9.17) is 28.0 Å². The highest BCUT2D eigenvalue weighted by Gasteiger charge is 2.32. The molecular weight excluding hydrogens is 483 g/mol. The van der Waals surface area contributed by atoms with Crippen molar-refractivity contribution in [2.24, 2.45) is 5.16 Å². The first kappa shape index (κ1) is 22.9. The van der Waals surface area contributed by atoms with Crippen LogP contribution in [0.5, 0.6) is 0 Å². The van der Waals surface area contributed by atoms with Gasteiger partial charge in [0.2, 0.25) is 5.91 Å². The lowest BCUT2D eigenvalue weighted by atomic mass is 10.0. The number of halogens is 4. The molecule has 0 radical (unpaired) electrons. The zero-order chi connectivity index (χ0) is 22.8. The summed E-state index contributed by atoms with van der Waals surface area (Å²) in [4.78, 5) is 31.4. The van der Waals surface area contributed by atoms with E-state index in [2.05, 4.69) is 15.8 Å². The van der Waals surface area contributed by atoms with E-state index in [0.29, 0.717) is 22.6 Å². The van der Waals surface area contributed by atoms with Gasteiger partial charge in [-0.2, -0.15) is 0 Å². The molecular formula is C21H19Cl2F2N3O3S. The number of nitrogens with zero attached hydrogens (tertiary/aromatic N) is 1. The number of nitrogens with one attached hydrogen (secondary N) is 2. The third-order valence-electron chi connectivity index (χ3n) is 5.31. The summed E-state index contributed by atoms with van der Waals surface area (Å²) in [5.74, 6) is -1.47. The van der Waals surface area contributed by atoms with Crippen LogP contribution in [-0.4, -0.2) is 37.3 Å². The molecule has 0 saturated carbocycles. The van der Waals surface area contributed by atoms with Crippen LogP contribution in [0.15, 0.2) is 17.3 Å². The summed E-state index contributed by atoms with van der Waals surface area (Å²) in [6.45, 7) is -0.971. The molecule has 0 saturated heterocycles. The van der Waals surface area contributed by atoms with Crippen molar-refractivity contribution in [1.29, 1.82) is 0 Å². The van der Waals surface area contributed by atoms with Crippen LogP contribution in [0.4, 0.5) is 8.78 Å². The van der Waals surface area contributed by atoms with Gasteiger partial charge in [0.05, 0.1) is 26.3 Å². The number of carbonyl (C=O) groups is 2. The van der Waals surface area contributed by atoms with Gasteiger partial charge in [0.25, 0.3) is 5.91 Å². The van der Waals surface area contributed by atoms with E-state index >= 15 is 0 Å². The van der Waals surface area contributed by atoms with Gasteiger partial charge >= 0.3 is 0 Å². The molecule has 32 heavy (non-hydrogen) atoms. The van der Waals surface area contributed by atoms with Crippen LogP contribution >= 0.6 is 34.5 Å². The molecule has 1 aliphatic heterocycles. The highest BCUT2D eigenvalue weighted by atomic mass is 35.5. The SMILES string of the molecule is O=C(CNC(=O)c1sc(C2=NO[C@H](c3cc(Cl)c(F)c(Cl)c3)C2)c2c1CCC2)NCCF. The number of rotatable bonds is 7. The number of benzene rings is 1. The van der Waals surface area contributed by atoms with Crippen LogP contribution in [0.3, 0.4) is 0 Å². The molecule has 0 unspecified atom stereocenters. The zero-order valence-corrected chi connectivity index (χ0v) is 19.1. The topological polar surface area (TPSA) is 79.8 Å². The highest BCUT2D eigenvalue weighted by molar-refractivity contribution is 7.16. The summed E-state index contributed by atoms with van der Waals surface area (Å²) in [5, 5.41) is 9.01. The summed E-state index contributed by atoms with van der Waals surface area (Å²) in [6, 6.07) is 2.94. The summed E-state index contributed by atoms with van der Waals surface area (Å²) < 4.78 is 25.9. The van der Waals surface area contributed by atoms with Crippen LogP contribution in [-0.2, 0) is 22.5 Å². The fourth-order valence-corrected chi connectivity index (χ4v) is 5.64. The predicted octanol–water partition coefficient (Wildman–Crippen LogP) is 4.36. The van der Waals surface area contributed by atoms with Gasteiger partial charge in [-0.05, 0) is 48.1 Å². The van der Waals surface area contributed by atoms with Crippen molar-refractivity contribution in [3.8, 4) is 0 Å². The number of alkyl halides is 1. The second-order valence-electron chi connectivity index (χ2n) is 7.43. The number of fused-ring (bicyclic) bond motifs is 1. The lowest BCUT2D eigenvalue weighted by Gasteiger charge is -2.10. The Kier molecular flexibility index (Phi) is 6.97. The minimum Gasteiger partial charge on any atom is -0.387 e. The van der Waals surface area contributed by atoms with E-state index in [0.717, 1.165) is 35.3 Å². The number of hydrogen-bond donors (Lipinski definition) is 2. The molecule has 2 heterocycles. The minimum absolute atomic E-state index is 0.0846. The molecule has 1 atom stereocenters. The maximum absolute atomic E-state index is 13.7. The van der Waals surface area contributed by atoms with Crippen molar-refractivity contribution in [2.45, 2.75) is 31.8 Å². The van der Waals surface area contributed by atoms with Crippen molar-refractivity contribution >= 4 is 52.1 Å². The largest absolute Gasteiger partial charge is 0.387 e. The van der Waals surface area contributed by atoms with Crippen LogP contribution in [0.2, 0.25) is 10.0 Å². The Labute approximate surface area is 196 Å². The molecule has 2 N–H and O–H groups in total.